The Bertz CT molecular complexity index is 991. The quantitative estimate of drug-likeness (QED) is 0.389. The number of allylic oxidation sites excluding steroid dienone is 1. The number of benzene rings is 2. The predicted octanol–water partition coefficient (Wildman–Crippen LogP) is 4.62. The summed E-state index contributed by atoms with van der Waals surface area (Å²) in [4.78, 5) is 36.2. The minimum absolute atomic E-state index is 0.125. The lowest BCUT2D eigenvalue weighted by atomic mass is 9.99. The summed E-state index contributed by atoms with van der Waals surface area (Å²) in [5.74, 6) is -0.0783. The van der Waals surface area contributed by atoms with Crippen molar-refractivity contribution in [1.29, 1.82) is 0 Å². The van der Waals surface area contributed by atoms with Gasteiger partial charge in [0.15, 0.2) is 0 Å². The van der Waals surface area contributed by atoms with E-state index in [0.717, 1.165) is 24.0 Å². The number of amides is 2. The third-order valence-electron chi connectivity index (χ3n) is 5.43. The van der Waals surface area contributed by atoms with E-state index in [4.69, 9.17) is 4.74 Å². The van der Waals surface area contributed by atoms with Gasteiger partial charge in [0.2, 0.25) is 5.91 Å². The molecule has 1 saturated carbocycles. The van der Waals surface area contributed by atoms with Crippen LogP contribution in [0.1, 0.15) is 55.5 Å². The monoisotopic (exact) mass is 420 g/mol. The van der Waals surface area contributed by atoms with Crippen molar-refractivity contribution < 1.29 is 19.1 Å². The van der Waals surface area contributed by atoms with Crippen molar-refractivity contribution in [2.75, 3.05) is 5.32 Å². The van der Waals surface area contributed by atoms with Crippen LogP contribution in [0, 0.1) is 5.92 Å². The van der Waals surface area contributed by atoms with Crippen LogP contribution in [0.25, 0.3) is 0 Å². The second kappa shape index (κ2) is 10.6. The first-order valence-electron chi connectivity index (χ1n) is 10.6. The summed E-state index contributed by atoms with van der Waals surface area (Å²) in [5, 5.41) is 5.78. The molecule has 1 aliphatic rings. The zero-order chi connectivity index (χ0) is 22.2. The fraction of sp³-hybridized carbons (Fsp3) is 0.320. The number of hydrogen-bond acceptors (Lipinski definition) is 4. The number of rotatable bonds is 7. The molecule has 6 nitrogen and oxygen atoms in total. The number of carbonyl (C=O) groups excluding carboxylic acids is 3. The molecular formula is C25H28N2O4. The van der Waals surface area contributed by atoms with Crippen LogP contribution in [-0.4, -0.2) is 17.8 Å². The van der Waals surface area contributed by atoms with E-state index in [-0.39, 0.29) is 11.8 Å². The summed E-state index contributed by atoms with van der Waals surface area (Å²) in [6.45, 7) is 3.63. The first-order chi connectivity index (χ1) is 14.9. The first-order valence-corrected chi connectivity index (χ1v) is 10.6. The summed E-state index contributed by atoms with van der Waals surface area (Å²) in [5.41, 5.74) is 2.91. The minimum Gasteiger partial charge on any atom is -0.427 e. The van der Waals surface area contributed by atoms with Crippen LogP contribution in [0.5, 0.6) is 5.75 Å². The summed E-state index contributed by atoms with van der Waals surface area (Å²) >= 11 is 0. The van der Waals surface area contributed by atoms with Crippen LogP contribution in [0.3, 0.4) is 0 Å². The lowest BCUT2D eigenvalue weighted by molar-refractivity contribution is -0.131. The fourth-order valence-corrected chi connectivity index (χ4v) is 3.80. The lowest BCUT2D eigenvalue weighted by Gasteiger charge is -2.13. The van der Waals surface area contributed by atoms with E-state index in [9.17, 15) is 14.4 Å². The Hall–Kier alpha value is -3.41. The number of ether oxygens (including phenoxy) is 1. The summed E-state index contributed by atoms with van der Waals surface area (Å²) in [6.07, 6.45) is 6.46. The number of anilines is 1. The van der Waals surface area contributed by atoms with Crippen LogP contribution in [0.4, 0.5) is 5.69 Å². The Labute approximate surface area is 182 Å². The smallest absolute Gasteiger partial charge is 0.308 e. The molecule has 2 amide bonds. The maximum Gasteiger partial charge on any atom is 0.308 e. The van der Waals surface area contributed by atoms with Crippen LogP contribution >= 0.6 is 0 Å². The molecule has 0 aliphatic heterocycles. The SMILES string of the molecule is CC(=O)Oc1cccc(C(=O)Nc2ccccc2CNC(=O)/C=C(\C)C2CCCC2)c1. The Balaban J connectivity index is 1.63. The molecule has 2 aromatic rings. The topological polar surface area (TPSA) is 84.5 Å². The molecule has 6 heteroatoms. The van der Waals surface area contributed by atoms with Crippen molar-refractivity contribution in [3.8, 4) is 5.75 Å². The molecule has 0 saturated heterocycles. The standard InChI is InChI=1S/C25H28N2O4/c1-17(19-8-3-4-9-19)14-24(29)26-16-21-10-5-6-13-23(21)27-25(30)20-11-7-12-22(15-20)31-18(2)28/h5-7,10-15,19H,3-4,8-9,16H2,1-2H3,(H,26,29)(H,27,30)/b17-14+. The van der Waals surface area contributed by atoms with Gasteiger partial charge in [-0.2, -0.15) is 0 Å². The highest BCUT2D eigenvalue weighted by atomic mass is 16.5. The third-order valence-corrected chi connectivity index (χ3v) is 5.43. The zero-order valence-electron chi connectivity index (χ0n) is 17.9. The average Bonchev–Trinajstić information content (AvgIpc) is 3.28. The van der Waals surface area contributed by atoms with Crippen molar-refractivity contribution in [2.45, 2.75) is 46.1 Å². The predicted molar refractivity (Wildman–Crippen MR) is 120 cm³/mol. The normalized spacial score (nSPS) is 14.2. The van der Waals surface area contributed by atoms with Gasteiger partial charge < -0.3 is 15.4 Å². The Kier molecular flexibility index (Phi) is 7.60. The van der Waals surface area contributed by atoms with Gasteiger partial charge in [0.05, 0.1) is 0 Å². The molecule has 31 heavy (non-hydrogen) atoms. The van der Waals surface area contributed by atoms with Crippen molar-refractivity contribution in [2.24, 2.45) is 5.92 Å². The molecule has 0 spiro atoms. The third kappa shape index (κ3) is 6.54. The largest absolute Gasteiger partial charge is 0.427 e. The summed E-state index contributed by atoms with van der Waals surface area (Å²) in [6, 6.07) is 13.7. The van der Waals surface area contributed by atoms with Gasteiger partial charge in [-0.15, -0.1) is 0 Å². The van der Waals surface area contributed by atoms with Gasteiger partial charge in [0.1, 0.15) is 5.75 Å². The molecule has 1 fully saturated rings. The van der Waals surface area contributed by atoms with Gasteiger partial charge in [-0.3, -0.25) is 14.4 Å². The number of esters is 1. The van der Waals surface area contributed by atoms with Gasteiger partial charge in [0.25, 0.3) is 5.91 Å². The molecule has 0 radical (unpaired) electrons. The van der Waals surface area contributed by atoms with E-state index < -0.39 is 5.97 Å². The highest BCUT2D eigenvalue weighted by molar-refractivity contribution is 6.05. The molecule has 0 unspecified atom stereocenters. The van der Waals surface area contributed by atoms with Crippen LogP contribution in [0.15, 0.2) is 60.2 Å². The van der Waals surface area contributed by atoms with Gasteiger partial charge in [0, 0.05) is 30.8 Å². The molecule has 3 rings (SSSR count). The van der Waals surface area contributed by atoms with Crippen LogP contribution in [0.2, 0.25) is 0 Å². The van der Waals surface area contributed by atoms with E-state index >= 15 is 0 Å². The maximum absolute atomic E-state index is 12.7. The van der Waals surface area contributed by atoms with E-state index in [0.29, 0.717) is 29.5 Å². The molecule has 162 valence electrons. The Morgan fingerprint density at radius 2 is 1.77 bits per heavy atom. The minimum atomic E-state index is -0.448. The maximum atomic E-state index is 12.7. The lowest BCUT2D eigenvalue weighted by Crippen LogP contribution is -2.22. The van der Waals surface area contributed by atoms with Crippen molar-refractivity contribution in [3.63, 3.8) is 0 Å². The van der Waals surface area contributed by atoms with Crippen LogP contribution < -0.4 is 15.4 Å². The second-order valence-electron chi connectivity index (χ2n) is 7.82. The molecular weight excluding hydrogens is 392 g/mol. The molecule has 1 aliphatic carbocycles. The van der Waals surface area contributed by atoms with E-state index in [1.807, 2.05) is 25.1 Å². The highest BCUT2D eigenvalue weighted by Crippen LogP contribution is 2.30. The van der Waals surface area contributed by atoms with E-state index in [1.54, 1.807) is 30.3 Å². The number of hydrogen-bond donors (Lipinski definition) is 2. The van der Waals surface area contributed by atoms with E-state index in [1.165, 1.54) is 25.8 Å². The number of nitrogens with one attached hydrogen (secondary N) is 2. The number of para-hydroxylation sites is 1. The van der Waals surface area contributed by atoms with Crippen molar-refractivity contribution in [1.82, 2.24) is 5.32 Å². The van der Waals surface area contributed by atoms with Gasteiger partial charge in [-0.1, -0.05) is 42.7 Å². The molecule has 0 atom stereocenters. The van der Waals surface area contributed by atoms with Crippen LogP contribution in [-0.2, 0) is 16.1 Å². The van der Waals surface area contributed by atoms with Crippen molar-refractivity contribution >= 4 is 23.5 Å². The second-order valence-corrected chi connectivity index (χ2v) is 7.82. The van der Waals surface area contributed by atoms with E-state index in [2.05, 4.69) is 10.6 Å². The number of carbonyl (C=O) groups is 3. The molecule has 0 heterocycles. The van der Waals surface area contributed by atoms with Gasteiger partial charge >= 0.3 is 5.97 Å². The zero-order valence-corrected chi connectivity index (χ0v) is 17.9. The summed E-state index contributed by atoms with van der Waals surface area (Å²) < 4.78 is 5.04. The van der Waals surface area contributed by atoms with Gasteiger partial charge in [-0.25, -0.2) is 0 Å². The molecule has 0 aromatic heterocycles. The summed E-state index contributed by atoms with van der Waals surface area (Å²) in [7, 11) is 0. The Morgan fingerprint density at radius 3 is 2.52 bits per heavy atom. The average molecular weight is 421 g/mol. The Morgan fingerprint density at radius 1 is 1.03 bits per heavy atom. The molecule has 0 bridgehead atoms. The highest BCUT2D eigenvalue weighted by Gasteiger charge is 2.17. The molecule has 2 aromatic carbocycles. The van der Waals surface area contributed by atoms with Gasteiger partial charge in [-0.05, 0) is 55.5 Å². The van der Waals surface area contributed by atoms with Crippen molar-refractivity contribution in [3.05, 3.63) is 71.3 Å². The molecule has 2 N–H and O–H groups in total. The first kappa shape index (κ1) is 22.3. The fourth-order valence-electron chi connectivity index (χ4n) is 3.80.